The number of hydrogen-bond donors (Lipinski definition) is 2. The minimum absolute atomic E-state index is 0.160. The van der Waals surface area contributed by atoms with Crippen LogP contribution >= 0.6 is 11.8 Å². The molecule has 0 radical (unpaired) electrons. The molecule has 0 amide bonds. The van der Waals surface area contributed by atoms with Gasteiger partial charge in [-0.1, -0.05) is 94.4 Å². The number of benzene rings is 2. The van der Waals surface area contributed by atoms with Crippen molar-refractivity contribution in [3.8, 4) is 0 Å². The van der Waals surface area contributed by atoms with Crippen LogP contribution in [0.1, 0.15) is 45.7 Å². The van der Waals surface area contributed by atoms with E-state index in [9.17, 15) is 15.0 Å². The third-order valence-corrected chi connectivity index (χ3v) is 8.03. The number of ether oxygens (including phenoxy) is 1. The predicted octanol–water partition coefficient (Wildman–Crippen LogP) is 5.25. The molecular weight excluding hydrogens is 420 g/mol. The van der Waals surface area contributed by atoms with Crippen molar-refractivity contribution >= 4 is 17.7 Å². The first-order valence-corrected chi connectivity index (χ1v) is 12.2. The van der Waals surface area contributed by atoms with E-state index < -0.39 is 28.3 Å². The van der Waals surface area contributed by atoms with Gasteiger partial charge in [-0.3, -0.25) is 0 Å². The van der Waals surface area contributed by atoms with Gasteiger partial charge in [0.1, 0.15) is 5.60 Å². The monoisotopic (exact) mass is 454 g/mol. The van der Waals surface area contributed by atoms with Crippen molar-refractivity contribution in [2.45, 2.75) is 51.1 Å². The van der Waals surface area contributed by atoms with Gasteiger partial charge in [0.05, 0.1) is 22.4 Å². The molecule has 2 N–H and O–H groups in total. The first-order valence-electron chi connectivity index (χ1n) is 11.3. The first-order chi connectivity index (χ1) is 15.2. The number of aliphatic hydroxyl groups is 2. The smallest absolute Gasteiger partial charge is 0.344 e. The van der Waals surface area contributed by atoms with E-state index in [0.29, 0.717) is 4.91 Å². The molecule has 3 rings (SSSR count). The Labute approximate surface area is 195 Å². The summed E-state index contributed by atoms with van der Waals surface area (Å²) in [5, 5.41) is 24.0. The van der Waals surface area contributed by atoms with Gasteiger partial charge >= 0.3 is 5.97 Å². The van der Waals surface area contributed by atoms with Gasteiger partial charge in [0, 0.05) is 5.92 Å². The number of esters is 1. The summed E-state index contributed by atoms with van der Waals surface area (Å²) in [4.78, 5) is 13.2. The highest BCUT2D eigenvalue weighted by Gasteiger charge is 2.56. The topological polar surface area (TPSA) is 66.8 Å². The quantitative estimate of drug-likeness (QED) is 0.533. The average molecular weight is 455 g/mol. The highest BCUT2D eigenvalue weighted by Crippen LogP contribution is 2.56. The van der Waals surface area contributed by atoms with Crippen LogP contribution in [0.4, 0.5) is 0 Å². The molecule has 0 fully saturated rings. The van der Waals surface area contributed by atoms with Gasteiger partial charge in [-0.15, -0.1) is 11.8 Å². The van der Waals surface area contributed by atoms with E-state index in [0.717, 1.165) is 11.1 Å². The zero-order valence-electron chi connectivity index (χ0n) is 19.5. The molecule has 0 bridgehead atoms. The third-order valence-electron chi connectivity index (χ3n) is 6.56. The van der Waals surface area contributed by atoms with Crippen molar-refractivity contribution in [3.63, 3.8) is 0 Å². The Morgan fingerprint density at radius 3 is 1.81 bits per heavy atom. The van der Waals surface area contributed by atoms with Gasteiger partial charge in [-0.05, 0) is 29.9 Å². The van der Waals surface area contributed by atoms with Gasteiger partial charge in [0.2, 0.25) is 0 Å². The van der Waals surface area contributed by atoms with Crippen molar-refractivity contribution in [1.29, 1.82) is 0 Å². The van der Waals surface area contributed by atoms with Crippen LogP contribution in [-0.4, -0.2) is 28.0 Å². The average Bonchev–Trinajstić information content (AvgIpc) is 3.25. The molecule has 0 aliphatic carbocycles. The van der Waals surface area contributed by atoms with Crippen LogP contribution in [0.5, 0.6) is 0 Å². The summed E-state index contributed by atoms with van der Waals surface area (Å²) in [5.74, 6) is -1.25. The normalized spacial score (nSPS) is 22.3. The molecule has 1 aliphatic rings. The Kier molecular flexibility index (Phi) is 7.53. The van der Waals surface area contributed by atoms with Gasteiger partial charge in [-0.25, -0.2) is 4.79 Å². The van der Waals surface area contributed by atoms with Crippen LogP contribution in [0.25, 0.3) is 0 Å². The van der Waals surface area contributed by atoms with E-state index in [4.69, 9.17) is 4.74 Å². The summed E-state index contributed by atoms with van der Waals surface area (Å²) in [6, 6.07) is 19.1. The maximum atomic E-state index is 12.7. The second kappa shape index (κ2) is 9.82. The van der Waals surface area contributed by atoms with Crippen molar-refractivity contribution in [3.05, 3.63) is 82.8 Å². The predicted molar refractivity (Wildman–Crippen MR) is 130 cm³/mol. The van der Waals surface area contributed by atoms with E-state index in [1.807, 2.05) is 94.4 Å². The Balaban J connectivity index is 2.21. The summed E-state index contributed by atoms with van der Waals surface area (Å²) >= 11 is 1.31. The number of thioether (sulfide) groups is 1. The van der Waals surface area contributed by atoms with E-state index in [2.05, 4.69) is 0 Å². The standard InChI is InChI=1S/C27H34O4S/c1-6-31-25(28)23-17-22(26(29,18(2)3)20-13-9-7-10-14-20)24(32-23)27(30,19(4)5)21-15-11-8-12-16-21/h7-19,22,24,29-30H,6H2,1-5H3/t22-,24-,26?,27?/m1/s1. The fraction of sp³-hybridized carbons (Fsp3) is 0.444. The molecule has 0 spiro atoms. The molecule has 4 atom stereocenters. The second-order valence-corrected chi connectivity index (χ2v) is 10.2. The fourth-order valence-electron chi connectivity index (χ4n) is 4.69. The number of carbonyl (C=O) groups is 1. The SMILES string of the molecule is CCOC(=O)C1=C[C@@H](C(O)(c2ccccc2)C(C)C)[C@H](C(O)(c2ccccc2)C(C)C)S1. The molecule has 0 saturated heterocycles. The first kappa shape index (κ1) is 24.6. The van der Waals surface area contributed by atoms with Gasteiger partial charge in [0.15, 0.2) is 0 Å². The van der Waals surface area contributed by atoms with Gasteiger partial charge in [0.25, 0.3) is 0 Å². The summed E-state index contributed by atoms with van der Waals surface area (Å²) in [7, 11) is 0. The molecule has 2 aromatic carbocycles. The highest BCUT2D eigenvalue weighted by molar-refractivity contribution is 8.04. The van der Waals surface area contributed by atoms with Crippen molar-refractivity contribution in [2.24, 2.45) is 17.8 Å². The number of carbonyl (C=O) groups excluding carboxylic acids is 1. The molecule has 0 saturated carbocycles. The van der Waals surface area contributed by atoms with Crippen molar-refractivity contribution in [2.75, 3.05) is 6.61 Å². The molecule has 5 heteroatoms. The molecule has 172 valence electrons. The van der Waals surface area contributed by atoms with Gasteiger partial charge < -0.3 is 14.9 Å². The molecule has 32 heavy (non-hydrogen) atoms. The lowest BCUT2D eigenvalue weighted by atomic mass is 9.66. The summed E-state index contributed by atoms with van der Waals surface area (Å²) in [6.07, 6.45) is 1.82. The summed E-state index contributed by atoms with van der Waals surface area (Å²) in [6.45, 7) is 9.94. The molecule has 1 heterocycles. The Hall–Kier alpha value is -2.08. The molecule has 1 aliphatic heterocycles. The van der Waals surface area contributed by atoms with Crippen LogP contribution < -0.4 is 0 Å². The minimum atomic E-state index is -1.29. The third kappa shape index (κ3) is 4.26. The van der Waals surface area contributed by atoms with Crippen molar-refractivity contribution in [1.82, 2.24) is 0 Å². The molecule has 0 aromatic heterocycles. The highest BCUT2D eigenvalue weighted by atomic mass is 32.2. The molecular formula is C27H34O4S. The van der Waals surface area contributed by atoms with Crippen LogP contribution in [0.3, 0.4) is 0 Å². The molecule has 2 unspecified atom stereocenters. The van der Waals surface area contributed by atoms with Gasteiger partial charge in [-0.2, -0.15) is 0 Å². The number of rotatable bonds is 8. The Bertz CT molecular complexity index is 941. The maximum absolute atomic E-state index is 12.7. The van der Waals surface area contributed by atoms with Crippen molar-refractivity contribution < 1.29 is 19.7 Å². The summed E-state index contributed by atoms with van der Waals surface area (Å²) < 4.78 is 5.29. The molecule has 4 nitrogen and oxygen atoms in total. The summed E-state index contributed by atoms with van der Waals surface area (Å²) in [5.41, 5.74) is -1.02. The lowest BCUT2D eigenvalue weighted by Crippen LogP contribution is -2.52. The fourth-order valence-corrected chi connectivity index (χ4v) is 6.36. The van der Waals surface area contributed by atoms with E-state index in [1.165, 1.54) is 11.8 Å². The van der Waals surface area contributed by atoms with E-state index in [1.54, 1.807) is 6.92 Å². The molecule has 2 aromatic rings. The maximum Gasteiger partial charge on any atom is 0.344 e. The Morgan fingerprint density at radius 2 is 1.38 bits per heavy atom. The zero-order valence-corrected chi connectivity index (χ0v) is 20.3. The zero-order chi connectivity index (χ0) is 23.5. The Morgan fingerprint density at radius 1 is 0.906 bits per heavy atom. The minimum Gasteiger partial charge on any atom is -0.462 e. The lowest BCUT2D eigenvalue weighted by Gasteiger charge is -2.47. The van der Waals surface area contributed by atoms with Crippen LogP contribution in [0, 0.1) is 17.8 Å². The largest absolute Gasteiger partial charge is 0.462 e. The second-order valence-electron chi connectivity index (χ2n) is 9.01. The van der Waals surface area contributed by atoms with Crippen LogP contribution in [-0.2, 0) is 20.7 Å². The van der Waals surface area contributed by atoms with Crippen LogP contribution in [0.2, 0.25) is 0 Å². The van der Waals surface area contributed by atoms with E-state index in [-0.39, 0.29) is 18.4 Å². The van der Waals surface area contributed by atoms with E-state index >= 15 is 0 Å². The lowest BCUT2D eigenvalue weighted by molar-refractivity contribution is -0.137. The number of hydrogen-bond acceptors (Lipinski definition) is 5. The van der Waals surface area contributed by atoms with Crippen LogP contribution in [0.15, 0.2) is 71.6 Å².